The third kappa shape index (κ3) is 2.69. The van der Waals surface area contributed by atoms with E-state index in [1.165, 1.54) is 30.8 Å². The van der Waals surface area contributed by atoms with E-state index >= 15 is 0 Å². The zero-order valence-corrected chi connectivity index (χ0v) is 9.36. The second kappa shape index (κ2) is 4.75. The van der Waals surface area contributed by atoms with Crippen molar-refractivity contribution in [3.63, 3.8) is 0 Å². The highest BCUT2D eigenvalue weighted by Gasteiger charge is 2.12. The van der Waals surface area contributed by atoms with Gasteiger partial charge in [-0.3, -0.25) is 0 Å². The Morgan fingerprint density at radius 3 is 3.00 bits per heavy atom. The molecule has 2 heterocycles. The molecular weight excluding hydrogens is 194 g/mol. The highest BCUT2D eigenvalue weighted by atomic mass is 32.1. The van der Waals surface area contributed by atoms with Crippen molar-refractivity contribution in [2.45, 2.75) is 19.8 Å². The summed E-state index contributed by atoms with van der Waals surface area (Å²) in [5.74, 6) is 0.820. The van der Waals surface area contributed by atoms with Crippen LogP contribution < -0.4 is 10.6 Å². The fourth-order valence-corrected chi connectivity index (χ4v) is 2.43. The number of hydrogen-bond donors (Lipinski definition) is 2. The van der Waals surface area contributed by atoms with Gasteiger partial charge in [0, 0.05) is 17.6 Å². The average Bonchev–Trinajstić information content (AvgIpc) is 2.63. The summed E-state index contributed by atoms with van der Waals surface area (Å²) in [5.41, 5.74) is 0. The first kappa shape index (κ1) is 9.93. The zero-order valence-electron chi connectivity index (χ0n) is 8.55. The maximum Gasteiger partial charge on any atom is 0.182 e. The number of piperidine rings is 1. The molecule has 4 heteroatoms. The Bertz CT molecular complexity index is 279. The van der Waals surface area contributed by atoms with E-state index in [1.807, 2.05) is 6.20 Å². The summed E-state index contributed by atoms with van der Waals surface area (Å²) in [7, 11) is 0. The van der Waals surface area contributed by atoms with Gasteiger partial charge in [0.25, 0.3) is 0 Å². The van der Waals surface area contributed by atoms with Crippen LogP contribution in [-0.2, 0) is 0 Å². The molecule has 1 aromatic rings. The molecule has 2 rings (SSSR count). The maximum atomic E-state index is 4.29. The number of thiazole rings is 1. The molecular formula is C10H17N3S. The van der Waals surface area contributed by atoms with E-state index in [-0.39, 0.29) is 0 Å². The van der Waals surface area contributed by atoms with Gasteiger partial charge in [-0.25, -0.2) is 4.98 Å². The molecule has 0 unspecified atom stereocenters. The van der Waals surface area contributed by atoms with Gasteiger partial charge in [-0.05, 0) is 38.8 Å². The molecule has 0 spiro atoms. The third-order valence-corrected chi connectivity index (χ3v) is 3.49. The van der Waals surface area contributed by atoms with Gasteiger partial charge >= 0.3 is 0 Å². The van der Waals surface area contributed by atoms with Crippen molar-refractivity contribution in [2.24, 2.45) is 5.92 Å². The van der Waals surface area contributed by atoms with E-state index in [4.69, 9.17) is 0 Å². The lowest BCUT2D eigenvalue weighted by atomic mass is 9.98. The summed E-state index contributed by atoms with van der Waals surface area (Å²) in [6, 6.07) is 0. The van der Waals surface area contributed by atoms with Crippen molar-refractivity contribution < 1.29 is 0 Å². The minimum atomic E-state index is 0.820. The van der Waals surface area contributed by atoms with Crippen LogP contribution >= 0.6 is 11.3 Å². The first-order valence-electron chi connectivity index (χ1n) is 5.21. The molecule has 0 radical (unpaired) electrons. The molecule has 0 aliphatic carbocycles. The van der Waals surface area contributed by atoms with Crippen LogP contribution in [0.4, 0.5) is 5.13 Å². The number of aryl methyl sites for hydroxylation is 1. The summed E-state index contributed by atoms with van der Waals surface area (Å²) >= 11 is 1.74. The van der Waals surface area contributed by atoms with Gasteiger partial charge in [-0.1, -0.05) is 0 Å². The van der Waals surface area contributed by atoms with Crippen LogP contribution in [0.3, 0.4) is 0 Å². The standard InChI is InChI=1S/C10H17N3S/c1-8-6-12-10(14-8)13-7-9-2-4-11-5-3-9/h6,9,11H,2-5,7H2,1H3,(H,12,13). The summed E-state index contributed by atoms with van der Waals surface area (Å²) in [6.45, 7) is 5.51. The summed E-state index contributed by atoms with van der Waals surface area (Å²) in [6.07, 6.45) is 4.50. The van der Waals surface area contributed by atoms with Crippen LogP contribution in [0.2, 0.25) is 0 Å². The Morgan fingerprint density at radius 1 is 1.57 bits per heavy atom. The van der Waals surface area contributed by atoms with E-state index in [1.54, 1.807) is 11.3 Å². The van der Waals surface area contributed by atoms with E-state index in [0.717, 1.165) is 17.6 Å². The van der Waals surface area contributed by atoms with Gasteiger partial charge in [-0.15, -0.1) is 11.3 Å². The number of nitrogens with one attached hydrogen (secondary N) is 2. The minimum absolute atomic E-state index is 0.820. The number of aromatic nitrogens is 1. The highest BCUT2D eigenvalue weighted by molar-refractivity contribution is 7.15. The van der Waals surface area contributed by atoms with Crippen molar-refractivity contribution in [1.29, 1.82) is 0 Å². The largest absolute Gasteiger partial charge is 0.361 e. The van der Waals surface area contributed by atoms with Gasteiger partial charge in [-0.2, -0.15) is 0 Å². The molecule has 1 aliphatic rings. The fourth-order valence-electron chi connectivity index (χ4n) is 1.75. The van der Waals surface area contributed by atoms with Gasteiger partial charge in [0.1, 0.15) is 0 Å². The Hall–Kier alpha value is -0.610. The van der Waals surface area contributed by atoms with E-state index in [9.17, 15) is 0 Å². The monoisotopic (exact) mass is 211 g/mol. The van der Waals surface area contributed by atoms with Crippen molar-refractivity contribution >= 4 is 16.5 Å². The summed E-state index contributed by atoms with van der Waals surface area (Å²) in [5, 5.41) is 7.86. The van der Waals surface area contributed by atoms with E-state index in [2.05, 4.69) is 22.5 Å². The smallest absolute Gasteiger partial charge is 0.182 e. The Labute approximate surface area is 88.9 Å². The van der Waals surface area contributed by atoms with Crippen molar-refractivity contribution in [1.82, 2.24) is 10.3 Å². The lowest BCUT2D eigenvalue weighted by Crippen LogP contribution is -2.31. The average molecular weight is 211 g/mol. The molecule has 1 aromatic heterocycles. The maximum absolute atomic E-state index is 4.29. The lowest BCUT2D eigenvalue weighted by Gasteiger charge is -2.22. The predicted molar refractivity (Wildman–Crippen MR) is 60.9 cm³/mol. The highest BCUT2D eigenvalue weighted by Crippen LogP contribution is 2.18. The molecule has 78 valence electrons. The van der Waals surface area contributed by atoms with Crippen LogP contribution in [0.5, 0.6) is 0 Å². The number of hydrogen-bond acceptors (Lipinski definition) is 4. The topological polar surface area (TPSA) is 37.0 Å². The van der Waals surface area contributed by atoms with Crippen LogP contribution in [0, 0.1) is 12.8 Å². The van der Waals surface area contributed by atoms with Crippen LogP contribution in [0.25, 0.3) is 0 Å². The molecule has 0 saturated carbocycles. The predicted octanol–water partition coefficient (Wildman–Crippen LogP) is 1.86. The van der Waals surface area contributed by atoms with Gasteiger partial charge in [0.05, 0.1) is 0 Å². The SMILES string of the molecule is Cc1cnc(NCC2CCNCC2)s1. The minimum Gasteiger partial charge on any atom is -0.361 e. The van der Waals surface area contributed by atoms with E-state index < -0.39 is 0 Å². The molecule has 14 heavy (non-hydrogen) atoms. The van der Waals surface area contributed by atoms with Gasteiger partial charge < -0.3 is 10.6 Å². The lowest BCUT2D eigenvalue weighted by molar-refractivity contribution is 0.390. The second-order valence-electron chi connectivity index (χ2n) is 3.85. The van der Waals surface area contributed by atoms with Crippen molar-refractivity contribution in [3.05, 3.63) is 11.1 Å². The molecule has 1 aliphatic heterocycles. The first-order chi connectivity index (χ1) is 6.84. The van der Waals surface area contributed by atoms with E-state index in [0.29, 0.717) is 0 Å². The number of nitrogens with zero attached hydrogens (tertiary/aromatic N) is 1. The first-order valence-corrected chi connectivity index (χ1v) is 6.03. The Morgan fingerprint density at radius 2 is 2.36 bits per heavy atom. The number of rotatable bonds is 3. The van der Waals surface area contributed by atoms with Gasteiger partial charge in [0.2, 0.25) is 0 Å². The Balaban J connectivity index is 1.76. The normalized spacial score (nSPS) is 18.4. The Kier molecular flexibility index (Phi) is 3.37. The zero-order chi connectivity index (χ0) is 9.80. The summed E-state index contributed by atoms with van der Waals surface area (Å²) in [4.78, 5) is 5.57. The molecule has 0 atom stereocenters. The molecule has 2 N–H and O–H groups in total. The molecule has 0 bridgehead atoms. The van der Waals surface area contributed by atoms with Crippen LogP contribution in [0.15, 0.2) is 6.20 Å². The van der Waals surface area contributed by atoms with Crippen LogP contribution in [-0.4, -0.2) is 24.6 Å². The quantitative estimate of drug-likeness (QED) is 0.801. The molecule has 0 aromatic carbocycles. The summed E-state index contributed by atoms with van der Waals surface area (Å²) < 4.78 is 0. The fraction of sp³-hybridized carbons (Fsp3) is 0.700. The third-order valence-electron chi connectivity index (χ3n) is 2.62. The molecule has 1 saturated heterocycles. The van der Waals surface area contributed by atoms with Crippen molar-refractivity contribution in [3.8, 4) is 0 Å². The van der Waals surface area contributed by atoms with Crippen molar-refractivity contribution in [2.75, 3.05) is 25.0 Å². The van der Waals surface area contributed by atoms with Crippen LogP contribution in [0.1, 0.15) is 17.7 Å². The number of anilines is 1. The molecule has 3 nitrogen and oxygen atoms in total. The van der Waals surface area contributed by atoms with Gasteiger partial charge in [0.15, 0.2) is 5.13 Å². The molecule has 1 fully saturated rings. The second-order valence-corrected chi connectivity index (χ2v) is 5.09. The molecule has 0 amide bonds.